The summed E-state index contributed by atoms with van der Waals surface area (Å²) in [6.45, 7) is 3.62. The molecule has 1 fully saturated rings. The Morgan fingerprint density at radius 1 is 1.60 bits per heavy atom. The lowest BCUT2D eigenvalue weighted by Gasteiger charge is -2.23. The van der Waals surface area contributed by atoms with Gasteiger partial charge in [0.15, 0.2) is 15.0 Å². The Morgan fingerprint density at radius 2 is 2.30 bits per heavy atom. The molecule has 1 saturated heterocycles. The number of carbonyl (C=O) groups is 1. The number of carbonyl (C=O) groups excluding carboxylic acids is 1. The van der Waals surface area contributed by atoms with E-state index in [4.69, 9.17) is 5.73 Å². The zero-order chi connectivity index (χ0) is 15.0. The van der Waals surface area contributed by atoms with Gasteiger partial charge in [0.1, 0.15) is 0 Å². The molecule has 2 rings (SSSR count). The molecule has 1 atom stereocenters. The zero-order valence-electron chi connectivity index (χ0n) is 11.3. The van der Waals surface area contributed by atoms with E-state index in [1.54, 1.807) is 6.92 Å². The van der Waals surface area contributed by atoms with Crippen LogP contribution in [-0.4, -0.2) is 42.1 Å². The Bertz CT molecular complexity index is 626. The van der Waals surface area contributed by atoms with Gasteiger partial charge in [0.05, 0.1) is 32.7 Å². The summed E-state index contributed by atoms with van der Waals surface area (Å²) >= 11 is 2.72. The first kappa shape index (κ1) is 15.6. The number of aryl methyl sites for hydroxylation is 1. The summed E-state index contributed by atoms with van der Waals surface area (Å²) in [6.07, 6.45) is 0.471. The second-order valence-corrected chi connectivity index (χ2v) is 9.62. The molecule has 0 aromatic carbocycles. The van der Waals surface area contributed by atoms with E-state index in [2.05, 4.69) is 10.3 Å². The topological polar surface area (TPSA) is 102 Å². The summed E-state index contributed by atoms with van der Waals surface area (Å²) in [5.74, 6) is 0.226. The van der Waals surface area contributed by atoms with Crippen LogP contribution in [0.2, 0.25) is 0 Å². The van der Waals surface area contributed by atoms with E-state index in [0.29, 0.717) is 11.6 Å². The minimum absolute atomic E-state index is 0.0168. The average Bonchev–Trinajstić information content (AvgIpc) is 2.75. The highest BCUT2D eigenvalue weighted by Crippen LogP contribution is 2.30. The molecule has 6 nitrogen and oxygen atoms in total. The van der Waals surface area contributed by atoms with Crippen molar-refractivity contribution >= 4 is 44.0 Å². The van der Waals surface area contributed by atoms with Crippen molar-refractivity contribution in [2.45, 2.75) is 30.0 Å². The van der Waals surface area contributed by atoms with Gasteiger partial charge in [-0.05, 0) is 20.3 Å². The normalized spacial score (nSPS) is 24.7. The molecule has 0 spiro atoms. The van der Waals surface area contributed by atoms with Crippen LogP contribution < -0.4 is 11.1 Å². The van der Waals surface area contributed by atoms with E-state index in [9.17, 15) is 13.2 Å². The van der Waals surface area contributed by atoms with Gasteiger partial charge in [0, 0.05) is 0 Å². The zero-order valence-corrected chi connectivity index (χ0v) is 13.8. The second-order valence-electron chi connectivity index (χ2n) is 5.16. The molecule has 0 aliphatic carbocycles. The van der Waals surface area contributed by atoms with Crippen molar-refractivity contribution in [2.75, 3.05) is 23.0 Å². The van der Waals surface area contributed by atoms with E-state index in [-0.39, 0.29) is 23.2 Å². The van der Waals surface area contributed by atoms with E-state index in [0.717, 1.165) is 9.90 Å². The van der Waals surface area contributed by atoms with Gasteiger partial charge in [-0.3, -0.25) is 4.79 Å². The lowest BCUT2D eigenvalue weighted by atomic mass is 10.0. The van der Waals surface area contributed by atoms with Crippen molar-refractivity contribution < 1.29 is 13.2 Å². The number of nitrogens with one attached hydrogen (secondary N) is 1. The van der Waals surface area contributed by atoms with Gasteiger partial charge in [-0.25, -0.2) is 13.4 Å². The summed E-state index contributed by atoms with van der Waals surface area (Å²) in [7, 11) is -3.02. The third kappa shape index (κ3) is 3.86. The number of hydrogen-bond acceptors (Lipinski definition) is 7. The number of nitrogen functional groups attached to an aromatic ring is 1. The standard InChI is InChI=1S/C11H17N3O3S3/c1-7-9(19-10(12)13-7)18-5-8(15)14-11(2)3-4-20(16,17)6-11/h3-6H2,1-2H3,(H2,12,13)(H,14,15). The molecule has 1 aliphatic rings. The number of thiazole rings is 1. The number of aromatic nitrogens is 1. The smallest absolute Gasteiger partial charge is 0.230 e. The van der Waals surface area contributed by atoms with Crippen LogP contribution in [0, 0.1) is 6.92 Å². The van der Waals surface area contributed by atoms with Gasteiger partial charge in [0.2, 0.25) is 5.91 Å². The van der Waals surface area contributed by atoms with Crippen LogP contribution in [-0.2, 0) is 14.6 Å². The lowest BCUT2D eigenvalue weighted by molar-refractivity contribution is -0.120. The molecule has 1 aliphatic heterocycles. The number of thioether (sulfide) groups is 1. The van der Waals surface area contributed by atoms with Crippen LogP contribution in [0.15, 0.2) is 4.21 Å². The van der Waals surface area contributed by atoms with Crippen molar-refractivity contribution in [2.24, 2.45) is 0 Å². The number of amides is 1. The minimum atomic E-state index is -3.02. The van der Waals surface area contributed by atoms with E-state index in [1.807, 2.05) is 6.92 Å². The van der Waals surface area contributed by atoms with Crippen molar-refractivity contribution in [1.29, 1.82) is 0 Å². The Kier molecular flexibility index (Phi) is 4.31. The number of hydrogen-bond donors (Lipinski definition) is 2. The van der Waals surface area contributed by atoms with Crippen molar-refractivity contribution in [3.8, 4) is 0 Å². The molecule has 20 heavy (non-hydrogen) atoms. The molecular formula is C11H17N3O3S3. The van der Waals surface area contributed by atoms with Gasteiger partial charge in [0.25, 0.3) is 0 Å². The van der Waals surface area contributed by atoms with E-state index >= 15 is 0 Å². The minimum Gasteiger partial charge on any atom is -0.375 e. The molecule has 0 radical (unpaired) electrons. The predicted octanol–water partition coefficient (Wildman–Crippen LogP) is 0.819. The second kappa shape index (κ2) is 5.53. The molecular weight excluding hydrogens is 318 g/mol. The molecule has 112 valence electrons. The molecule has 1 amide bonds. The lowest BCUT2D eigenvalue weighted by Crippen LogP contribution is -2.47. The SMILES string of the molecule is Cc1nc(N)sc1SCC(=O)NC1(C)CCS(=O)(=O)C1. The fourth-order valence-corrected chi connectivity index (χ4v) is 6.07. The van der Waals surface area contributed by atoms with Gasteiger partial charge in [-0.15, -0.1) is 11.8 Å². The van der Waals surface area contributed by atoms with Gasteiger partial charge < -0.3 is 11.1 Å². The highest BCUT2D eigenvalue weighted by Gasteiger charge is 2.39. The van der Waals surface area contributed by atoms with E-state index in [1.165, 1.54) is 23.1 Å². The largest absolute Gasteiger partial charge is 0.375 e. The molecule has 2 heterocycles. The van der Waals surface area contributed by atoms with E-state index < -0.39 is 15.4 Å². The van der Waals surface area contributed by atoms with Crippen LogP contribution in [0.5, 0.6) is 0 Å². The predicted molar refractivity (Wildman–Crippen MR) is 81.8 cm³/mol. The van der Waals surface area contributed by atoms with Crippen LogP contribution in [0.25, 0.3) is 0 Å². The third-order valence-electron chi connectivity index (χ3n) is 3.05. The molecule has 0 saturated carbocycles. The first-order valence-corrected chi connectivity index (χ1v) is 9.69. The van der Waals surface area contributed by atoms with Gasteiger partial charge >= 0.3 is 0 Å². The van der Waals surface area contributed by atoms with Crippen molar-refractivity contribution in [3.63, 3.8) is 0 Å². The van der Waals surface area contributed by atoms with Crippen LogP contribution in [0.1, 0.15) is 19.0 Å². The Labute approximate surface area is 126 Å². The molecule has 9 heteroatoms. The summed E-state index contributed by atoms with van der Waals surface area (Å²) in [4.78, 5) is 16.0. The maximum Gasteiger partial charge on any atom is 0.230 e. The maximum atomic E-state index is 11.9. The maximum absolute atomic E-state index is 11.9. The first-order valence-electron chi connectivity index (χ1n) is 6.06. The number of sulfone groups is 1. The highest BCUT2D eigenvalue weighted by atomic mass is 32.2. The number of anilines is 1. The van der Waals surface area contributed by atoms with Crippen LogP contribution in [0.4, 0.5) is 5.13 Å². The van der Waals surface area contributed by atoms with Gasteiger partial charge in [-0.1, -0.05) is 11.3 Å². The Morgan fingerprint density at radius 3 is 2.80 bits per heavy atom. The number of rotatable bonds is 4. The molecule has 0 bridgehead atoms. The Balaban J connectivity index is 1.89. The monoisotopic (exact) mass is 335 g/mol. The van der Waals surface area contributed by atoms with Crippen molar-refractivity contribution in [3.05, 3.63) is 5.69 Å². The molecule has 1 unspecified atom stereocenters. The molecule has 1 aromatic rings. The average molecular weight is 335 g/mol. The summed E-state index contributed by atoms with van der Waals surface area (Å²) in [6, 6.07) is 0. The highest BCUT2D eigenvalue weighted by molar-refractivity contribution is 8.01. The quantitative estimate of drug-likeness (QED) is 0.790. The summed E-state index contributed by atoms with van der Waals surface area (Å²) < 4.78 is 23.9. The van der Waals surface area contributed by atoms with Crippen LogP contribution in [0.3, 0.4) is 0 Å². The third-order valence-corrected chi connectivity index (χ3v) is 7.30. The summed E-state index contributed by atoms with van der Waals surface area (Å²) in [5, 5.41) is 3.31. The number of nitrogens with zero attached hydrogens (tertiary/aromatic N) is 1. The fourth-order valence-electron chi connectivity index (χ4n) is 2.15. The first-order chi connectivity index (χ1) is 9.19. The number of nitrogens with two attached hydrogens (primary N) is 1. The molecule has 3 N–H and O–H groups in total. The fraction of sp³-hybridized carbons (Fsp3) is 0.636. The van der Waals surface area contributed by atoms with Crippen molar-refractivity contribution in [1.82, 2.24) is 10.3 Å². The van der Waals surface area contributed by atoms with Crippen LogP contribution >= 0.6 is 23.1 Å². The molecule has 1 aromatic heterocycles. The summed E-state index contributed by atoms with van der Waals surface area (Å²) in [5.41, 5.74) is 5.77. The van der Waals surface area contributed by atoms with Gasteiger partial charge in [-0.2, -0.15) is 0 Å². The Hall–Kier alpha value is -0.800.